The van der Waals surface area contributed by atoms with Crippen LogP contribution in [0.5, 0.6) is 0 Å². The van der Waals surface area contributed by atoms with Gasteiger partial charge in [0.05, 0.1) is 17.1 Å². The fourth-order valence-electron chi connectivity index (χ4n) is 2.10. The summed E-state index contributed by atoms with van der Waals surface area (Å²) in [6.45, 7) is 1.07. The molecule has 2 aromatic rings. The molecule has 0 atom stereocenters. The summed E-state index contributed by atoms with van der Waals surface area (Å²) >= 11 is 0. The highest BCUT2D eigenvalue weighted by molar-refractivity contribution is 5.63. The third kappa shape index (κ3) is 1.67. The second kappa shape index (κ2) is 3.97. The van der Waals surface area contributed by atoms with Crippen LogP contribution in [0.4, 0.5) is 5.69 Å². The maximum absolute atomic E-state index is 4.72. The summed E-state index contributed by atoms with van der Waals surface area (Å²) in [6, 6.07) is 14.6. The summed E-state index contributed by atoms with van der Waals surface area (Å²) in [4.78, 5) is 4.72. The third-order valence-corrected chi connectivity index (χ3v) is 2.95. The quantitative estimate of drug-likeness (QED) is 0.782. The Morgan fingerprint density at radius 3 is 2.75 bits per heavy atom. The zero-order valence-electron chi connectivity index (χ0n) is 9.11. The molecule has 1 aliphatic rings. The maximum Gasteiger partial charge on any atom is 0.0706 e. The van der Waals surface area contributed by atoms with Crippen molar-refractivity contribution in [1.82, 2.24) is 4.98 Å². The Kier molecular flexibility index (Phi) is 2.33. The first kappa shape index (κ1) is 9.40. The van der Waals surface area contributed by atoms with Crippen molar-refractivity contribution in [2.45, 2.75) is 12.8 Å². The fourth-order valence-corrected chi connectivity index (χ4v) is 2.10. The lowest BCUT2D eigenvalue weighted by Gasteiger charge is -2.17. The van der Waals surface area contributed by atoms with Gasteiger partial charge >= 0.3 is 0 Å². The first-order chi connectivity index (χ1) is 7.93. The van der Waals surface area contributed by atoms with E-state index in [1.54, 1.807) is 0 Å². The van der Waals surface area contributed by atoms with Crippen LogP contribution in [0.15, 0.2) is 42.5 Å². The molecule has 3 rings (SSSR count). The topological polar surface area (TPSA) is 24.9 Å². The summed E-state index contributed by atoms with van der Waals surface area (Å²) in [6.07, 6.45) is 2.27. The Morgan fingerprint density at radius 1 is 1.00 bits per heavy atom. The molecular formula is C14H14N2. The lowest BCUT2D eigenvalue weighted by atomic mass is 10.1. The summed E-state index contributed by atoms with van der Waals surface area (Å²) in [5.74, 6) is 0. The number of hydrogen-bond acceptors (Lipinski definition) is 2. The smallest absolute Gasteiger partial charge is 0.0706 e. The molecule has 1 aromatic heterocycles. The monoisotopic (exact) mass is 210 g/mol. The molecule has 0 unspecified atom stereocenters. The predicted octanol–water partition coefficient (Wildman–Crippen LogP) is 3.11. The van der Waals surface area contributed by atoms with E-state index in [0.717, 1.165) is 18.7 Å². The first-order valence-corrected chi connectivity index (χ1v) is 5.73. The molecule has 2 heterocycles. The van der Waals surface area contributed by atoms with Gasteiger partial charge in [-0.2, -0.15) is 0 Å². The molecule has 0 fully saturated rings. The Bertz CT molecular complexity index is 491. The molecule has 1 N–H and O–H groups in total. The third-order valence-electron chi connectivity index (χ3n) is 2.95. The van der Waals surface area contributed by atoms with Gasteiger partial charge in [0.2, 0.25) is 0 Å². The predicted molar refractivity (Wildman–Crippen MR) is 66.5 cm³/mol. The Morgan fingerprint density at radius 2 is 1.88 bits per heavy atom. The van der Waals surface area contributed by atoms with Crippen LogP contribution in [0.2, 0.25) is 0 Å². The van der Waals surface area contributed by atoms with Crippen molar-refractivity contribution >= 4 is 5.69 Å². The van der Waals surface area contributed by atoms with Gasteiger partial charge in [-0.1, -0.05) is 30.3 Å². The zero-order chi connectivity index (χ0) is 10.8. The van der Waals surface area contributed by atoms with Gasteiger partial charge in [0.1, 0.15) is 0 Å². The van der Waals surface area contributed by atoms with Gasteiger partial charge in [-0.15, -0.1) is 0 Å². The molecule has 16 heavy (non-hydrogen) atoms. The summed E-state index contributed by atoms with van der Waals surface area (Å²) in [5.41, 5.74) is 4.66. The minimum absolute atomic E-state index is 1.07. The van der Waals surface area contributed by atoms with Crippen LogP contribution in [0, 0.1) is 0 Å². The van der Waals surface area contributed by atoms with E-state index < -0.39 is 0 Å². The molecule has 0 saturated carbocycles. The highest BCUT2D eigenvalue weighted by Crippen LogP contribution is 2.24. The van der Waals surface area contributed by atoms with Crippen molar-refractivity contribution < 1.29 is 0 Å². The van der Waals surface area contributed by atoms with E-state index in [4.69, 9.17) is 4.98 Å². The van der Waals surface area contributed by atoms with E-state index in [-0.39, 0.29) is 0 Å². The van der Waals surface area contributed by atoms with Gasteiger partial charge in [-0.05, 0) is 25.0 Å². The standard InChI is InChI=1S/C14H14N2/c1-2-5-11(6-3-1)12-8-9-13-14(16-12)7-4-10-15-13/h1-3,5-6,8-9,15H,4,7,10H2. The average molecular weight is 210 g/mol. The van der Waals surface area contributed by atoms with Crippen molar-refractivity contribution in [3.05, 3.63) is 48.2 Å². The van der Waals surface area contributed by atoms with Crippen LogP contribution in [0.3, 0.4) is 0 Å². The molecule has 0 bridgehead atoms. The number of pyridine rings is 1. The highest BCUT2D eigenvalue weighted by Gasteiger charge is 2.10. The van der Waals surface area contributed by atoms with E-state index in [0.29, 0.717) is 0 Å². The molecule has 0 saturated heterocycles. The van der Waals surface area contributed by atoms with Crippen molar-refractivity contribution in [1.29, 1.82) is 0 Å². The molecule has 0 amide bonds. The molecule has 1 aliphatic heterocycles. The molecule has 0 radical (unpaired) electrons. The van der Waals surface area contributed by atoms with Crippen LogP contribution in [0.25, 0.3) is 11.3 Å². The minimum atomic E-state index is 1.07. The van der Waals surface area contributed by atoms with E-state index in [2.05, 4.69) is 41.7 Å². The normalized spacial score (nSPS) is 14.0. The van der Waals surface area contributed by atoms with Gasteiger partial charge in [0.25, 0.3) is 0 Å². The number of nitrogens with zero attached hydrogens (tertiary/aromatic N) is 1. The minimum Gasteiger partial charge on any atom is -0.384 e. The van der Waals surface area contributed by atoms with Crippen LogP contribution in [-0.2, 0) is 6.42 Å². The van der Waals surface area contributed by atoms with Crippen molar-refractivity contribution in [2.24, 2.45) is 0 Å². The van der Waals surface area contributed by atoms with Crippen molar-refractivity contribution in [2.75, 3.05) is 11.9 Å². The Hall–Kier alpha value is -1.83. The van der Waals surface area contributed by atoms with Crippen molar-refractivity contribution in [3.63, 3.8) is 0 Å². The highest BCUT2D eigenvalue weighted by atomic mass is 14.9. The summed E-state index contributed by atoms with van der Waals surface area (Å²) in [5, 5.41) is 3.38. The number of nitrogens with one attached hydrogen (secondary N) is 1. The van der Waals surface area contributed by atoms with Crippen LogP contribution in [0.1, 0.15) is 12.1 Å². The number of hydrogen-bond donors (Lipinski definition) is 1. The lowest BCUT2D eigenvalue weighted by Crippen LogP contribution is -2.13. The molecule has 0 aliphatic carbocycles. The zero-order valence-corrected chi connectivity index (χ0v) is 9.11. The van der Waals surface area contributed by atoms with Gasteiger partial charge < -0.3 is 5.32 Å². The number of fused-ring (bicyclic) bond motifs is 1. The average Bonchev–Trinajstić information content (AvgIpc) is 2.39. The molecule has 80 valence electrons. The number of aromatic nitrogens is 1. The SMILES string of the molecule is c1ccc(-c2ccc3c(n2)CCCN3)cc1. The number of rotatable bonds is 1. The first-order valence-electron chi connectivity index (χ1n) is 5.73. The Balaban J connectivity index is 2.03. The van der Waals surface area contributed by atoms with Gasteiger partial charge in [-0.3, -0.25) is 4.98 Å². The maximum atomic E-state index is 4.72. The van der Waals surface area contributed by atoms with E-state index in [1.165, 1.54) is 23.4 Å². The van der Waals surface area contributed by atoms with Crippen molar-refractivity contribution in [3.8, 4) is 11.3 Å². The van der Waals surface area contributed by atoms with E-state index in [9.17, 15) is 0 Å². The molecule has 1 aromatic carbocycles. The molecule has 0 spiro atoms. The largest absolute Gasteiger partial charge is 0.384 e. The number of anilines is 1. The van der Waals surface area contributed by atoms with Gasteiger partial charge in [0.15, 0.2) is 0 Å². The van der Waals surface area contributed by atoms with Crippen LogP contribution < -0.4 is 5.32 Å². The fraction of sp³-hybridized carbons (Fsp3) is 0.214. The summed E-state index contributed by atoms with van der Waals surface area (Å²) in [7, 11) is 0. The molecule has 2 nitrogen and oxygen atoms in total. The number of aryl methyl sites for hydroxylation is 1. The van der Waals surface area contributed by atoms with Crippen LogP contribution in [-0.4, -0.2) is 11.5 Å². The second-order valence-corrected chi connectivity index (χ2v) is 4.09. The van der Waals surface area contributed by atoms with E-state index in [1.807, 2.05) is 6.07 Å². The van der Waals surface area contributed by atoms with Crippen LogP contribution >= 0.6 is 0 Å². The molecule has 2 heteroatoms. The second-order valence-electron chi connectivity index (χ2n) is 4.09. The van der Waals surface area contributed by atoms with Gasteiger partial charge in [-0.25, -0.2) is 0 Å². The van der Waals surface area contributed by atoms with Gasteiger partial charge in [0, 0.05) is 12.1 Å². The summed E-state index contributed by atoms with van der Waals surface area (Å²) < 4.78 is 0. The molecular weight excluding hydrogens is 196 g/mol. The lowest BCUT2D eigenvalue weighted by molar-refractivity contribution is 0.803. The van der Waals surface area contributed by atoms with E-state index >= 15 is 0 Å². The number of benzene rings is 1. The Labute approximate surface area is 95.3 Å².